The fraction of sp³-hybridized carbons (Fsp3) is 0.0909. The van der Waals surface area contributed by atoms with E-state index in [1.54, 1.807) is 6.92 Å². The molecule has 0 aliphatic heterocycles. The lowest BCUT2D eigenvalue weighted by molar-refractivity contribution is 0.600. The molecule has 2 N–H and O–H groups in total. The molecule has 0 amide bonds. The smallest absolute Gasteiger partial charge is 0.263 e. The number of nitrogens with zero attached hydrogens (tertiary/aromatic N) is 2. The van der Waals surface area contributed by atoms with Crippen LogP contribution in [0, 0.1) is 18.3 Å². The van der Waals surface area contributed by atoms with Crippen LogP contribution in [-0.2, 0) is 10.0 Å². The third-order valence-electron chi connectivity index (χ3n) is 2.42. The quantitative estimate of drug-likeness (QED) is 0.905. The van der Waals surface area contributed by atoms with E-state index in [2.05, 4.69) is 14.9 Å². The molecule has 0 fully saturated rings. The van der Waals surface area contributed by atoms with Crippen molar-refractivity contribution in [2.45, 2.75) is 11.8 Å². The molecule has 2 rings (SSSR count). The Balaban J connectivity index is 2.49. The lowest BCUT2D eigenvalue weighted by Crippen LogP contribution is -2.15. The van der Waals surface area contributed by atoms with Crippen molar-refractivity contribution in [3.05, 3.63) is 40.5 Å². The Labute approximate surface area is 115 Å². The van der Waals surface area contributed by atoms with E-state index in [1.807, 2.05) is 6.07 Å². The Kier molecular flexibility index (Phi) is 3.46. The average molecular weight is 297 g/mol. The van der Waals surface area contributed by atoms with Gasteiger partial charge in [-0.25, -0.2) is 8.42 Å². The van der Waals surface area contributed by atoms with Crippen molar-refractivity contribution in [3.8, 4) is 6.07 Å². The lowest BCUT2D eigenvalue weighted by atomic mass is 10.2. The number of hydrogen-bond donors (Lipinski definition) is 2. The van der Waals surface area contributed by atoms with Crippen molar-refractivity contribution < 1.29 is 8.42 Å². The zero-order valence-corrected chi connectivity index (χ0v) is 11.4. The van der Waals surface area contributed by atoms with Gasteiger partial charge in [-0.15, -0.1) is 0 Å². The van der Waals surface area contributed by atoms with Crippen molar-refractivity contribution in [2.24, 2.45) is 0 Å². The van der Waals surface area contributed by atoms with E-state index >= 15 is 0 Å². The highest BCUT2D eigenvalue weighted by molar-refractivity contribution is 7.92. The van der Waals surface area contributed by atoms with Crippen LogP contribution in [0.5, 0.6) is 0 Å². The number of H-pyrrole nitrogens is 1. The summed E-state index contributed by atoms with van der Waals surface area (Å²) in [5.41, 5.74) is 0.665. The van der Waals surface area contributed by atoms with E-state index in [-0.39, 0.29) is 21.3 Å². The van der Waals surface area contributed by atoms with Crippen molar-refractivity contribution in [1.82, 2.24) is 10.2 Å². The Morgan fingerprint density at radius 3 is 2.79 bits per heavy atom. The minimum atomic E-state index is -3.90. The molecular formula is C11H9ClN4O2S. The zero-order valence-electron chi connectivity index (χ0n) is 9.81. The number of aromatic amines is 1. The molecule has 0 radical (unpaired) electrons. The van der Waals surface area contributed by atoms with Crippen molar-refractivity contribution >= 4 is 27.4 Å². The maximum Gasteiger partial charge on any atom is 0.264 e. The number of benzene rings is 1. The van der Waals surface area contributed by atoms with E-state index in [4.69, 9.17) is 16.9 Å². The first-order valence-corrected chi connectivity index (χ1v) is 7.02. The van der Waals surface area contributed by atoms with E-state index in [0.29, 0.717) is 5.56 Å². The predicted molar refractivity (Wildman–Crippen MR) is 70.3 cm³/mol. The van der Waals surface area contributed by atoms with Gasteiger partial charge in [0.2, 0.25) is 0 Å². The Hall–Kier alpha value is -2.04. The van der Waals surface area contributed by atoms with Crippen LogP contribution in [0.4, 0.5) is 5.82 Å². The molecule has 2 aromatic rings. The summed E-state index contributed by atoms with van der Waals surface area (Å²) >= 11 is 5.77. The molecule has 6 nitrogen and oxygen atoms in total. The van der Waals surface area contributed by atoms with E-state index in [1.165, 1.54) is 24.4 Å². The molecule has 8 heteroatoms. The highest BCUT2D eigenvalue weighted by atomic mass is 35.5. The summed E-state index contributed by atoms with van der Waals surface area (Å²) in [6, 6.07) is 5.87. The van der Waals surface area contributed by atoms with Gasteiger partial charge >= 0.3 is 0 Å². The number of halogens is 1. The minimum absolute atomic E-state index is 0.0223. The van der Waals surface area contributed by atoms with E-state index in [9.17, 15) is 8.42 Å². The molecular weight excluding hydrogens is 288 g/mol. The summed E-state index contributed by atoms with van der Waals surface area (Å²) in [7, 11) is -3.90. The van der Waals surface area contributed by atoms with Gasteiger partial charge in [-0.1, -0.05) is 11.6 Å². The molecule has 0 atom stereocenters. The number of sulfonamides is 1. The standard InChI is InChI=1S/C11H9ClN4O2S/c1-7-6-14-15-11(7)16-19(17,18)10-4-9(12)3-2-8(10)5-13/h2-4,6H,1H3,(H2,14,15,16). The molecule has 1 aromatic carbocycles. The highest BCUT2D eigenvalue weighted by Gasteiger charge is 2.20. The van der Waals surface area contributed by atoms with Gasteiger partial charge in [-0.2, -0.15) is 10.4 Å². The van der Waals surface area contributed by atoms with Gasteiger partial charge < -0.3 is 0 Å². The Bertz CT molecular complexity index is 761. The second-order valence-corrected chi connectivity index (χ2v) is 5.87. The molecule has 98 valence electrons. The van der Waals surface area contributed by atoms with Crippen molar-refractivity contribution in [2.75, 3.05) is 4.72 Å². The molecule has 19 heavy (non-hydrogen) atoms. The lowest BCUT2D eigenvalue weighted by Gasteiger charge is -2.08. The Morgan fingerprint density at radius 1 is 1.47 bits per heavy atom. The van der Waals surface area contributed by atoms with Crippen LogP contribution in [-0.4, -0.2) is 18.6 Å². The topological polar surface area (TPSA) is 98.6 Å². The second-order valence-electron chi connectivity index (χ2n) is 3.79. The van der Waals surface area contributed by atoms with Crippen LogP contribution < -0.4 is 4.72 Å². The Morgan fingerprint density at radius 2 is 2.21 bits per heavy atom. The van der Waals surface area contributed by atoms with Crippen molar-refractivity contribution in [1.29, 1.82) is 5.26 Å². The zero-order chi connectivity index (χ0) is 14.0. The van der Waals surface area contributed by atoms with Gasteiger partial charge in [0.25, 0.3) is 10.0 Å². The van der Waals surface area contributed by atoms with Crippen LogP contribution in [0.1, 0.15) is 11.1 Å². The van der Waals surface area contributed by atoms with Gasteiger partial charge in [0.05, 0.1) is 11.8 Å². The fourth-order valence-electron chi connectivity index (χ4n) is 1.45. The largest absolute Gasteiger partial charge is 0.264 e. The van der Waals surface area contributed by atoms with Gasteiger partial charge in [-0.05, 0) is 25.1 Å². The number of rotatable bonds is 3. The normalized spacial score (nSPS) is 11.0. The summed E-state index contributed by atoms with van der Waals surface area (Å²) < 4.78 is 26.8. The second kappa shape index (κ2) is 4.91. The highest BCUT2D eigenvalue weighted by Crippen LogP contribution is 2.23. The summed E-state index contributed by atoms with van der Waals surface area (Å²) in [6.45, 7) is 1.70. The van der Waals surface area contributed by atoms with Gasteiger partial charge in [0.15, 0.2) is 0 Å². The maximum absolute atomic E-state index is 12.2. The summed E-state index contributed by atoms with van der Waals surface area (Å²) in [6.07, 6.45) is 1.49. The molecule has 0 aliphatic rings. The van der Waals surface area contributed by atoms with Crippen LogP contribution in [0.25, 0.3) is 0 Å². The fourth-order valence-corrected chi connectivity index (χ4v) is 2.96. The molecule has 1 aromatic heterocycles. The van der Waals surface area contributed by atoms with Crippen LogP contribution in [0.15, 0.2) is 29.3 Å². The first-order valence-electron chi connectivity index (χ1n) is 5.16. The summed E-state index contributed by atoms with van der Waals surface area (Å²) in [5.74, 6) is 0.254. The van der Waals surface area contributed by atoms with Crippen LogP contribution >= 0.6 is 11.6 Å². The summed E-state index contributed by atoms with van der Waals surface area (Å²) in [4.78, 5) is -0.170. The van der Waals surface area contributed by atoms with E-state index < -0.39 is 10.0 Å². The number of nitrogens with one attached hydrogen (secondary N) is 2. The SMILES string of the molecule is Cc1cn[nH]c1NS(=O)(=O)c1cc(Cl)ccc1C#N. The number of anilines is 1. The minimum Gasteiger partial charge on any atom is -0.263 e. The molecule has 0 spiro atoms. The molecule has 1 heterocycles. The van der Waals surface area contributed by atoms with Gasteiger partial charge in [0, 0.05) is 10.6 Å². The molecule has 0 saturated heterocycles. The van der Waals surface area contributed by atoms with E-state index in [0.717, 1.165) is 0 Å². The van der Waals surface area contributed by atoms with Crippen LogP contribution in [0.3, 0.4) is 0 Å². The number of hydrogen-bond acceptors (Lipinski definition) is 4. The summed E-state index contributed by atoms with van der Waals surface area (Å²) in [5, 5.41) is 15.4. The molecule has 0 unspecified atom stereocenters. The number of aromatic nitrogens is 2. The maximum atomic E-state index is 12.2. The van der Waals surface area contributed by atoms with Crippen LogP contribution in [0.2, 0.25) is 5.02 Å². The monoisotopic (exact) mass is 296 g/mol. The van der Waals surface area contributed by atoms with Gasteiger partial charge in [0.1, 0.15) is 16.8 Å². The van der Waals surface area contributed by atoms with Crippen molar-refractivity contribution in [3.63, 3.8) is 0 Å². The molecule has 0 saturated carbocycles. The first kappa shape index (κ1) is 13.4. The third-order valence-corrected chi connectivity index (χ3v) is 4.04. The predicted octanol–water partition coefficient (Wildman–Crippen LogP) is 2.04. The average Bonchev–Trinajstić information content (AvgIpc) is 2.74. The molecule has 0 aliphatic carbocycles. The third kappa shape index (κ3) is 2.70. The van der Waals surface area contributed by atoms with Gasteiger partial charge in [-0.3, -0.25) is 9.82 Å². The number of aryl methyl sites for hydroxylation is 1. The first-order chi connectivity index (χ1) is 8.94. The number of nitriles is 1. The molecule has 0 bridgehead atoms.